The van der Waals surface area contributed by atoms with Crippen LogP contribution in [-0.2, 0) is 4.74 Å². The minimum Gasteiger partial charge on any atom is -0.365 e. The number of rotatable bonds is 0. The van der Waals surface area contributed by atoms with Crippen LogP contribution in [-0.4, -0.2) is 30.6 Å². The van der Waals surface area contributed by atoms with E-state index < -0.39 is 5.79 Å². The summed E-state index contributed by atoms with van der Waals surface area (Å²) in [4.78, 5) is 0. The Hall–Kier alpha value is -0.120. The zero-order valence-corrected chi connectivity index (χ0v) is 5.68. The SMILES string of the molecule is CC1(O)CNCCCO1. The summed E-state index contributed by atoms with van der Waals surface area (Å²) >= 11 is 0. The minimum atomic E-state index is -0.948. The van der Waals surface area contributed by atoms with Gasteiger partial charge in [-0.1, -0.05) is 0 Å². The summed E-state index contributed by atoms with van der Waals surface area (Å²) < 4.78 is 5.08. The Bertz CT molecular complexity index is 83.1. The molecule has 0 aliphatic carbocycles. The maximum atomic E-state index is 9.27. The molecule has 1 rings (SSSR count). The second kappa shape index (κ2) is 2.64. The lowest BCUT2D eigenvalue weighted by Crippen LogP contribution is -2.37. The van der Waals surface area contributed by atoms with Gasteiger partial charge in [-0.2, -0.15) is 0 Å². The molecule has 1 saturated heterocycles. The van der Waals surface area contributed by atoms with Gasteiger partial charge >= 0.3 is 0 Å². The molecular weight excluding hydrogens is 118 g/mol. The summed E-state index contributed by atoms with van der Waals surface area (Å²) in [6, 6.07) is 0. The maximum Gasteiger partial charge on any atom is 0.175 e. The number of hydrogen-bond acceptors (Lipinski definition) is 3. The normalized spacial score (nSPS) is 38.0. The van der Waals surface area contributed by atoms with E-state index in [0.29, 0.717) is 13.2 Å². The van der Waals surface area contributed by atoms with Gasteiger partial charge < -0.3 is 15.2 Å². The van der Waals surface area contributed by atoms with Gasteiger partial charge in [0.15, 0.2) is 5.79 Å². The predicted molar refractivity (Wildman–Crippen MR) is 34.1 cm³/mol. The van der Waals surface area contributed by atoms with Gasteiger partial charge in [0, 0.05) is 6.54 Å². The van der Waals surface area contributed by atoms with Crippen molar-refractivity contribution >= 4 is 0 Å². The van der Waals surface area contributed by atoms with E-state index in [4.69, 9.17) is 4.74 Å². The fourth-order valence-corrected chi connectivity index (χ4v) is 0.861. The van der Waals surface area contributed by atoms with E-state index in [1.54, 1.807) is 6.92 Å². The number of nitrogens with one attached hydrogen (secondary N) is 1. The van der Waals surface area contributed by atoms with Crippen LogP contribution < -0.4 is 5.32 Å². The van der Waals surface area contributed by atoms with Crippen LogP contribution in [0.5, 0.6) is 0 Å². The molecule has 0 spiro atoms. The van der Waals surface area contributed by atoms with E-state index in [1.807, 2.05) is 0 Å². The lowest BCUT2D eigenvalue weighted by atomic mass is 10.3. The van der Waals surface area contributed by atoms with E-state index in [0.717, 1.165) is 13.0 Å². The van der Waals surface area contributed by atoms with Crippen LogP contribution in [0.2, 0.25) is 0 Å². The summed E-state index contributed by atoms with van der Waals surface area (Å²) in [5, 5.41) is 12.3. The van der Waals surface area contributed by atoms with Crippen molar-refractivity contribution in [3.8, 4) is 0 Å². The monoisotopic (exact) mass is 131 g/mol. The summed E-state index contributed by atoms with van der Waals surface area (Å²) in [5.74, 6) is -0.948. The molecule has 54 valence electrons. The maximum absolute atomic E-state index is 9.27. The van der Waals surface area contributed by atoms with Crippen molar-refractivity contribution in [1.82, 2.24) is 5.32 Å². The van der Waals surface area contributed by atoms with E-state index in [1.165, 1.54) is 0 Å². The molecule has 1 aliphatic heterocycles. The molecule has 1 unspecified atom stereocenters. The van der Waals surface area contributed by atoms with Crippen LogP contribution in [0.15, 0.2) is 0 Å². The summed E-state index contributed by atoms with van der Waals surface area (Å²) in [7, 11) is 0. The van der Waals surface area contributed by atoms with Crippen molar-refractivity contribution in [3.63, 3.8) is 0 Å². The average molecular weight is 131 g/mol. The van der Waals surface area contributed by atoms with Crippen LogP contribution in [0.3, 0.4) is 0 Å². The fourth-order valence-electron chi connectivity index (χ4n) is 0.861. The highest BCUT2D eigenvalue weighted by Gasteiger charge is 2.21. The highest BCUT2D eigenvalue weighted by atomic mass is 16.6. The minimum absolute atomic E-state index is 0.535. The lowest BCUT2D eigenvalue weighted by molar-refractivity contribution is -0.179. The lowest BCUT2D eigenvalue weighted by Gasteiger charge is -2.20. The van der Waals surface area contributed by atoms with Gasteiger partial charge in [0.05, 0.1) is 6.61 Å². The Labute approximate surface area is 55.0 Å². The van der Waals surface area contributed by atoms with Crippen LogP contribution in [0.25, 0.3) is 0 Å². The topological polar surface area (TPSA) is 41.5 Å². The number of hydrogen-bond donors (Lipinski definition) is 2. The van der Waals surface area contributed by atoms with Crippen LogP contribution >= 0.6 is 0 Å². The van der Waals surface area contributed by atoms with Crippen molar-refractivity contribution in [3.05, 3.63) is 0 Å². The summed E-state index contributed by atoms with van der Waals surface area (Å²) in [6.45, 7) is 3.80. The summed E-state index contributed by atoms with van der Waals surface area (Å²) in [6.07, 6.45) is 0.982. The third-order valence-electron chi connectivity index (χ3n) is 1.36. The molecule has 2 N–H and O–H groups in total. The van der Waals surface area contributed by atoms with Crippen molar-refractivity contribution < 1.29 is 9.84 Å². The highest BCUT2D eigenvalue weighted by molar-refractivity contribution is 4.66. The molecule has 9 heavy (non-hydrogen) atoms. The average Bonchev–Trinajstić information content (AvgIpc) is 1.92. The van der Waals surface area contributed by atoms with Crippen LogP contribution in [0.4, 0.5) is 0 Å². The van der Waals surface area contributed by atoms with E-state index >= 15 is 0 Å². The second-order valence-corrected chi connectivity index (χ2v) is 2.55. The standard InChI is InChI=1S/C6H13NO2/c1-6(8)5-7-3-2-4-9-6/h7-8H,2-5H2,1H3. The number of aliphatic hydroxyl groups is 1. The molecule has 0 amide bonds. The van der Waals surface area contributed by atoms with E-state index in [-0.39, 0.29) is 0 Å². The molecule has 0 aromatic heterocycles. The molecule has 0 bridgehead atoms. The molecule has 0 saturated carbocycles. The van der Waals surface area contributed by atoms with Gasteiger partial charge in [-0.15, -0.1) is 0 Å². The number of ether oxygens (including phenoxy) is 1. The summed E-state index contributed by atoms with van der Waals surface area (Å²) in [5.41, 5.74) is 0. The first kappa shape index (κ1) is 6.99. The first-order valence-corrected chi connectivity index (χ1v) is 3.28. The van der Waals surface area contributed by atoms with Crippen molar-refractivity contribution in [2.45, 2.75) is 19.1 Å². The van der Waals surface area contributed by atoms with Crippen molar-refractivity contribution in [2.75, 3.05) is 19.7 Å². The Kier molecular flexibility index (Phi) is 2.05. The van der Waals surface area contributed by atoms with E-state index in [9.17, 15) is 5.11 Å². The van der Waals surface area contributed by atoms with Gasteiger partial charge in [-0.3, -0.25) is 0 Å². The van der Waals surface area contributed by atoms with Gasteiger partial charge in [0.25, 0.3) is 0 Å². The first-order chi connectivity index (χ1) is 4.21. The second-order valence-electron chi connectivity index (χ2n) is 2.55. The van der Waals surface area contributed by atoms with Crippen molar-refractivity contribution in [2.24, 2.45) is 0 Å². The third-order valence-corrected chi connectivity index (χ3v) is 1.36. The molecule has 3 nitrogen and oxygen atoms in total. The van der Waals surface area contributed by atoms with Gasteiger partial charge in [0.1, 0.15) is 0 Å². The Morgan fingerprint density at radius 3 is 3.22 bits per heavy atom. The smallest absolute Gasteiger partial charge is 0.175 e. The molecule has 0 aromatic carbocycles. The largest absolute Gasteiger partial charge is 0.365 e. The van der Waals surface area contributed by atoms with Gasteiger partial charge in [-0.05, 0) is 19.9 Å². The van der Waals surface area contributed by atoms with Crippen LogP contribution in [0, 0.1) is 0 Å². The zero-order chi connectivity index (χ0) is 6.74. The Balaban J connectivity index is 2.36. The quantitative estimate of drug-likeness (QED) is 0.474. The molecule has 0 aromatic rings. The number of β-amino-alcohol motifs (C(OH)–C–C–N with tert-alkyl or cyclic N) is 1. The Morgan fingerprint density at radius 2 is 2.44 bits per heavy atom. The van der Waals surface area contributed by atoms with Gasteiger partial charge in [0.2, 0.25) is 0 Å². The van der Waals surface area contributed by atoms with E-state index in [2.05, 4.69) is 5.32 Å². The molecule has 0 radical (unpaired) electrons. The molecule has 1 aliphatic rings. The molecule has 1 fully saturated rings. The highest BCUT2D eigenvalue weighted by Crippen LogP contribution is 2.06. The molecule has 1 heterocycles. The predicted octanol–water partition coefficient (Wildman–Crippen LogP) is -0.295. The Morgan fingerprint density at radius 1 is 1.67 bits per heavy atom. The zero-order valence-electron chi connectivity index (χ0n) is 5.68. The third kappa shape index (κ3) is 2.30. The van der Waals surface area contributed by atoms with Crippen molar-refractivity contribution in [1.29, 1.82) is 0 Å². The molecular formula is C6H13NO2. The fraction of sp³-hybridized carbons (Fsp3) is 1.00. The first-order valence-electron chi connectivity index (χ1n) is 3.28. The molecule has 1 atom stereocenters. The molecule has 3 heteroatoms. The van der Waals surface area contributed by atoms with Gasteiger partial charge in [-0.25, -0.2) is 0 Å². The van der Waals surface area contributed by atoms with Crippen LogP contribution in [0.1, 0.15) is 13.3 Å².